The third kappa shape index (κ3) is 3.46. The summed E-state index contributed by atoms with van der Waals surface area (Å²) < 4.78 is 0. The molecule has 3 rings (SSSR count). The fourth-order valence-corrected chi connectivity index (χ4v) is 4.60. The molecule has 1 aromatic carbocycles. The highest BCUT2D eigenvalue weighted by Gasteiger charge is 2.23. The van der Waals surface area contributed by atoms with E-state index in [4.69, 9.17) is 0 Å². The van der Waals surface area contributed by atoms with E-state index in [9.17, 15) is 20.2 Å². The average molecular weight is 369 g/mol. The van der Waals surface area contributed by atoms with E-state index in [1.54, 1.807) is 13.0 Å². The highest BCUT2D eigenvalue weighted by molar-refractivity contribution is 7.16. The Morgan fingerprint density at radius 2 is 2.00 bits per heavy atom. The van der Waals surface area contributed by atoms with Gasteiger partial charge in [0.05, 0.1) is 10.5 Å². The van der Waals surface area contributed by atoms with Crippen LogP contribution in [0.2, 0.25) is 0 Å². The number of nitro groups is 1. The molecule has 6 nitrogen and oxygen atoms in total. The van der Waals surface area contributed by atoms with Crippen LogP contribution in [0.1, 0.15) is 57.6 Å². The fraction of sp³-hybridized carbons (Fsp3) is 0.368. The predicted octanol–water partition coefficient (Wildman–Crippen LogP) is 4.75. The summed E-state index contributed by atoms with van der Waals surface area (Å²) in [6.07, 6.45) is 6.29. The lowest BCUT2D eigenvalue weighted by Gasteiger charge is -2.09. The van der Waals surface area contributed by atoms with Crippen molar-refractivity contribution >= 4 is 27.9 Å². The Hall–Kier alpha value is -2.72. The third-order valence-corrected chi connectivity index (χ3v) is 5.96. The highest BCUT2D eigenvalue weighted by Crippen LogP contribution is 2.37. The van der Waals surface area contributed by atoms with E-state index in [1.165, 1.54) is 34.8 Å². The lowest BCUT2D eigenvalue weighted by Crippen LogP contribution is -2.14. The summed E-state index contributed by atoms with van der Waals surface area (Å²) in [4.78, 5) is 24.5. The summed E-state index contributed by atoms with van der Waals surface area (Å²) in [6, 6.07) is 6.68. The highest BCUT2D eigenvalue weighted by atomic mass is 32.1. The van der Waals surface area contributed by atoms with Gasteiger partial charge < -0.3 is 5.32 Å². The molecule has 2 aromatic rings. The van der Waals surface area contributed by atoms with Crippen LogP contribution in [0.25, 0.3) is 0 Å². The molecule has 26 heavy (non-hydrogen) atoms. The molecule has 0 bridgehead atoms. The number of benzene rings is 1. The number of aryl methyl sites for hydroxylation is 1. The molecule has 1 aliphatic rings. The van der Waals surface area contributed by atoms with Gasteiger partial charge in [0.25, 0.3) is 11.6 Å². The van der Waals surface area contributed by atoms with Crippen molar-refractivity contribution in [3.8, 4) is 6.07 Å². The Morgan fingerprint density at radius 1 is 1.27 bits per heavy atom. The number of hydrogen-bond acceptors (Lipinski definition) is 5. The van der Waals surface area contributed by atoms with E-state index >= 15 is 0 Å². The fourth-order valence-electron chi connectivity index (χ4n) is 3.36. The molecule has 0 atom stereocenters. The van der Waals surface area contributed by atoms with Crippen molar-refractivity contribution in [2.75, 3.05) is 5.32 Å². The maximum atomic E-state index is 12.7. The van der Waals surface area contributed by atoms with Crippen LogP contribution in [0.5, 0.6) is 0 Å². The van der Waals surface area contributed by atoms with E-state index in [0.717, 1.165) is 37.7 Å². The first-order valence-corrected chi connectivity index (χ1v) is 9.44. The smallest absolute Gasteiger partial charge is 0.273 e. The number of anilines is 1. The van der Waals surface area contributed by atoms with Gasteiger partial charge in [-0.1, -0.05) is 18.9 Å². The summed E-state index contributed by atoms with van der Waals surface area (Å²) in [7, 11) is 0. The summed E-state index contributed by atoms with van der Waals surface area (Å²) >= 11 is 1.46. The first-order valence-electron chi connectivity index (χ1n) is 8.63. The maximum absolute atomic E-state index is 12.7. The number of nitrogens with one attached hydrogen (secondary N) is 1. The Kier molecular flexibility index (Phi) is 5.33. The second-order valence-corrected chi connectivity index (χ2v) is 7.50. The number of amides is 1. The minimum absolute atomic E-state index is 0.0865. The van der Waals surface area contributed by atoms with Gasteiger partial charge in [-0.3, -0.25) is 14.9 Å². The third-order valence-electron chi connectivity index (χ3n) is 4.76. The van der Waals surface area contributed by atoms with Crippen molar-refractivity contribution in [1.29, 1.82) is 5.26 Å². The van der Waals surface area contributed by atoms with Crippen LogP contribution >= 0.6 is 11.3 Å². The van der Waals surface area contributed by atoms with Gasteiger partial charge in [0, 0.05) is 22.1 Å². The molecular formula is C19H19N3O3S. The lowest BCUT2D eigenvalue weighted by atomic mass is 9.97. The zero-order chi connectivity index (χ0) is 18.7. The monoisotopic (exact) mass is 369 g/mol. The topological polar surface area (TPSA) is 96.0 Å². The van der Waals surface area contributed by atoms with Crippen LogP contribution in [0, 0.1) is 28.4 Å². The Bertz CT molecular complexity index is 911. The molecule has 0 unspecified atom stereocenters. The van der Waals surface area contributed by atoms with Gasteiger partial charge in [-0.05, 0) is 44.2 Å². The first-order chi connectivity index (χ1) is 12.5. The molecule has 0 saturated carbocycles. The van der Waals surface area contributed by atoms with E-state index in [0.29, 0.717) is 16.1 Å². The number of fused-ring (bicyclic) bond motifs is 1. The quantitative estimate of drug-likeness (QED) is 0.624. The van der Waals surface area contributed by atoms with Gasteiger partial charge in [0.2, 0.25) is 0 Å². The normalized spacial score (nSPS) is 13.8. The summed E-state index contributed by atoms with van der Waals surface area (Å²) in [5, 5.41) is 24.1. The van der Waals surface area contributed by atoms with E-state index in [2.05, 4.69) is 11.4 Å². The molecule has 1 N–H and O–H groups in total. The average Bonchev–Trinajstić information content (AvgIpc) is 2.90. The minimum Gasteiger partial charge on any atom is -0.312 e. The minimum atomic E-state index is -0.496. The van der Waals surface area contributed by atoms with Crippen molar-refractivity contribution in [2.45, 2.75) is 45.4 Å². The molecule has 1 amide bonds. The van der Waals surface area contributed by atoms with Crippen molar-refractivity contribution < 1.29 is 9.72 Å². The number of carbonyl (C=O) groups excluding carboxylic acids is 1. The van der Waals surface area contributed by atoms with Gasteiger partial charge in [-0.15, -0.1) is 11.3 Å². The molecule has 0 fully saturated rings. The lowest BCUT2D eigenvalue weighted by molar-refractivity contribution is -0.385. The molecule has 7 heteroatoms. The van der Waals surface area contributed by atoms with Crippen LogP contribution in [0.3, 0.4) is 0 Å². The maximum Gasteiger partial charge on any atom is 0.273 e. The van der Waals surface area contributed by atoms with Gasteiger partial charge in [-0.2, -0.15) is 5.26 Å². The van der Waals surface area contributed by atoms with Crippen molar-refractivity contribution in [3.63, 3.8) is 0 Å². The zero-order valence-electron chi connectivity index (χ0n) is 14.5. The van der Waals surface area contributed by atoms with Crippen LogP contribution in [-0.4, -0.2) is 10.8 Å². The largest absolute Gasteiger partial charge is 0.312 e. The number of rotatable bonds is 3. The molecular weight excluding hydrogens is 350 g/mol. The second kappa shape index (κ2) is 7.67. The van der Waals surface area contributed by atoms with E-state index in [1.807, 2.05) is 0 Å². The van der Waals surface area contributed by atoms with Gasteiger partial charge in [-0.25, -0.2) is 0 Å². The van der Waals surface area contributed by atoms with Crippen LogP contribution in [0.4, 0.5) is 10.7 Å². The number of nitrogens with zero attached hydrogens (tertiary/aromatic N) is 2. The zero-order valence-corrected chi connectivity index (χ0v) is 15.3. The molecule has 1 heterocycles. The molecule has 134 valence electrons. The van der Waals surface area contributed by atoms with Gasteiger partial charge in [0.1, 0.15) is 11.1 Å². The summed E-state index contributed by atoms with van der Waals surface area (Å²) in [5.41, 5.74) is 2.09. The Balaban J connectivity index is 1.93. The predicted molar refractivity (Wildman–Crippen MR) is 101 cm³/mol. The molecule has 0 radical (unpaired) electrons. The van der Waals surface area contributed by atoms with Crippen LogP contribution in [0.15, 0.2) is 18.2 Å². The van der Waals surface area contributed by atoms with Crippen LogP contribution in [-0.2, 0) is 12.8 Å². The molecule has 0 spiro atoms. The standard InChI is InChI=1S/C19H19N3O3S/c1-12-13(8-6-9-16(12)22(24)25)18(23)21-19-15(11-20)14-7-4-2-3-5-10-17(14)26-19/h6,8-9H,2-5,7,10H2,1H3,(H,21,23). The van der Waals surface area contributed by atoms with E-state index in [-0.39, 0.29) is 11.3 Å². The van der Waals surface area contributed by atoms with Gasteiger partial charge >= 0.3 is 0 Å². The Morgan fingerprint density at radius 3 is 2.69 bits per heavy atom. The van der Waals surface area contributed by atoms with Crippen LogP contribution < -0.4 is 5.32 Å². The summed E-state index contributed by atoms with van der Waals surface area (Å²) in [6.45, 7) is 1.56. The second-order valence-electron chi connectivity index (χ2n) is 6.39. The van der Waals surface area contributed by atoms with Crippen molar-refractivity contribution in [1.82, 2.24) is 0 Å². The number of nitro benzene ring substituents is 1. The molecule has 0 saturated heterocycles. The number of nitriles is 1. The van der Waals surface area contributed by atoms with Crippen molar-refractivity contribution in [2.24, 2.45) is 0 Å². The number of thiophene rings is 1. The SMILES string of the molecule is Cc1c(C(=O)Nc2sc3c(c2C#N)CCCCCC3)cccc1[N+](=O)[O-]. The Labute approximate surface area is 155 Å². The molecule has 1 aliphatic carbocycles. The first kappa shape index (κ1) is 18.1. The van der Waals surface area contributed by atoms with Crippen molar-refractivity contribution in [3.05, 3.63) is 55.4 Å². The number of carbonyl (C=O) groups is 1. The molecule has 0 aliphatic heterocycles. The molecule has 1 aromatic heterocycles. The number of hydrogen-bond donors (Lipinski definition) is 1. The van der Waals surface area contributed by atoms with E-state index < -0.39 is 10.8 Å². The van der Waals surface area contributed by atoms with Gasteiger partial charge in [0.15, 0.2) is 0 Å². The summed E-state index contributed by atoms with van der Waals surface area (Å²) in [5.74, 6) is -0.420.